The van der Waals surface area contributed by atoms with Gasteiger partial charge in [-0.05, 0) is 67.8 Å². The van der Waals surface area contributed by atoms with E-state index < -0.39 is 5.60 Å². The van der Waals surface area contributed by atoms with Crippen LogP contribution in [0.3, 0.4) is 0 Å². The fourth-order valence-electron chi connectivity index (χ4n) is 6.63. The number of hydrogen-bond acceptors (Lipinski definition) is 5. The summed E-state index contributed by atoms with van der Waals surface area (Å²) >= 11 is 0. The van der Waals surface area contributed by atoms with Gasteiger partial charge in [0.1, 0.15) is 11.5 Å². The van der Waals surface area contributed by atoms with Crippen molar-refractivity contribution in [2.45, 2.75) is 50.7 Å². The first-order chi connectivity index (χ1) is 19.1. The van der Waals surface area contributed by atoms with Crippen LogP contribution in [0.5, 0.6) is 11.5 Å². The van der Waals surface area contributed by atoms with Crippen molar-refractivity contribution in [1.29, 1.82) is 0 Å². The van der Waals surface area contributed by atoms with Crippen molar-refractivity contribution < 1.29 is 14.3 Å². The van der Waals surface area contributed by atoms with Gasteiger partial charge in [-0.15, -0.1) is 0 Å². The average molecular weight is 517 g/mol. The van der Waals surface area contributed by atoms with E-state index in [0.717, 1.165) is 57.9 Å². The molecule has 2 heterocycles. The van der Waals surface area contributed by atoms with Crippen LogP contribution >= 0.6 is 0 Å². The summed E-state index contributed by atoms with van der Waals surface area (Å²) in [6.07, 6.45) is 6.08. The number of anilines is 3. The maximum Gasteiger partial charge on any atom is 0.340 e. The van der Waals surface area contributed by atoms with E-state index in [9.17, 15) is 4.79 Å². The van der Waals surface area contributed by atoms with Crippen LogP contribution in [0.15, 0.2) is 84.9 Å². The molecule has 5 heteroatoms. The number of benzene rings is 4. The van der Waals surface area contributed by atoms with Gasteiger partial charge in [-0.1, -0.05) is 61.7 Å². The largest absolute Gasteiger partial charge is 0.456 e. The van der Waals surface area contributed by atoms with E-state index >= 15 is 0 Å². The van der Waals surface area contributed by atoms with Gasteiger partial charge in [-0.25, -0.2) is 4.79 Å². The molecule has 1 aliphatic carbocycles. The Bertz CT molecular complexity index is 1580. The van der Waals surface area contributed by atoms with Crippen LogP contribution < -0.4 is 15.0 Å². The highest BCUT2D eigenvalue weighted by molar-refractivity contribution is 5.98. The fraction of sp³-hybridized carbons (Fsp3) is 0.265. The van der Waals surface area contributed by atoms with E-state index in [1.165, 1.54) is 19.3 Å². The Morgan fingerprint density at radius 1 is 0.846 bits per heavy atom. The zero-order valence-corrected chi connectivity index (χ0v) is 22.4. The molecule has 0 radical (unpaired) electrons. The van der Waals surface area contributed by atoms with Gasteiger partial charge in [0.2, 0.25) is 0 Å². The Kier molecular flexibility index (Phi) is 5.62. The molecule has 0 saturated heterocycles. The number of carbonyl (C=O) groups excluding carboxylic acids is 1. The van der Waals surface area contributed by atoms with E-state index in [-0.39, 0.29) is 5.97 Å². The minimum Gasteiger partial charge on any atom is -0.456 e. The molecule has 1 atom stereocenters. The molecule has 0 aromatic heterocycles. The van der Waals surface area contributed by atoms with Crippen molar-refractivity contribution in [2.75, 3.05) is 17.3 Å². The molecule has 1 unspecified atom stereocenters. The minimum atomic E-state index is -1.11. The molecule has 39 heavy (non-hydrogen) atoms. The van der Waals surface area contributed by atoms with Crippen molar-refractivity contribution in [2.24, 2.45) is 0 Å². The lowest BCUT2D eigenvalue weighted by molar-refractivity contribution is 0.0226. The van der Waals surface area contributed by atoms with Gasteiger partial charge in [0.25, 0.3) is 0 Å². The fourth-order valence-corrected chi connectivity index (χ4v) is 6.63. The molecule has 3 aliphatic rings. The zero-order chi connectivity index (χ0) is 26.6. The van der Waals surface area contributed by atoms with Crippen molar-refractivity contribution in [3.05, 3.63) is 113 Å². The number of nitrogens with zero attached hydrogens (tertiary/aromatic N) is 1. The highest BCUT2D eigenvalue weighted by Gasteiger charge is 2.55. The van der Waals surface area contributed by atoms with Crippen LogP contribution in [-0.2, 0) is 10.3 Å². The van der Waals surface area contributed by atoms with Gasteiger partial charge in [0.15, 0.2) is 5.60 Å². The molecule has 5 nitrogen and oxygen atoms in total. The third-order valence-corrected chi connectivity index (χ3v) is 8.61. The molecule has 0 bridgehead atoms. The molecule has 2 aliphatic heterocycles. The monoisotopic (exact) mass is 516 g/mol. The number of fused-ring (bicyclic) bond motifs is 6. The summed E-state index contributed by atoms with van der Waals surface area (Å²) < 4.78 is 13.2. The Labute approximate surface area is 229 Å². The summed E-state index contributed by atoms with van der Waals surface area (Å²) in [6, 6.07) is 28.7. The predicted octanol–water partition coefficient (Wildman–Crippen LogP) is 8.08. The molecule has 1 fully saturated rings. The standard InChI is InChI=1S/C34H32N2O3/c1-22-20-31-27(21-28(22)35-23-12-5-3-6-13-23)34(26-17-10-9-16-25(26)33(37)39-34)32-29(18-11-19-30(32)38-31)36(2)24-14-7-4-8-15-24/h3,5-6,9-13,16-21,24,35H,4,7-8,14-15H2,1-2H3. The number of hydrogen-bond donors (Lipinski definition) is 1. The molecule has 4 aromatic rings. The highest BCUT2D eigenvalue weighted by atomic mass is 16.6. The summed E-state index contributed by atoms with van der Waals surface area (Å²) in [7, 11) is 2.18. The first-order valence-electron chi connectivity index (χ1n) is 13.9. The second-order valence-electron chi connectivity index (χ2n) is 10.9. The van der Waals surface area contributed by atoms with Gasteiger partial charge >= 0.3 is 5.97 Å². The SMILES string of the molecule is Cc1cc2c(cc1Nc1ccccc1)C1(OC(=O)c3ccccc31)c1c(cccc1N(C)C1CCCCC1)O2. The molecular formula is C34H32N2O3. The van der Waals surface area contributed by atoms with E-state index in [4.69, 9.17) is 9.47 Å². The number of carbonyl (C=O) groups is 1. The van der Waals surface area contributed by atoms with E-state index in [2.05, 4.69) is 42.4 Å². The maximum absolute atomic E-state index is 13.5. The highest BCUT2D eigenvalue weighted by Crippen LogP contribution is 2.59. The Morgan fingerprint density at radius 3 is 2.44 bits per heavy atom. The molecule has 1 spiro atoms. The third kappa shape index (κ3) is 3.71. The van der Waals surface area contributed by atoms with Crippen molar-refractivity contribution in [3.8, 4) is 11.5 Å². The molecule has 0 amide bonds. The summed E-state index contributed by atoms with van der Waals surface area (Å²) in [5.74, 6) is 1.13. The Hall–Kier alpha value is -4.25. The number of aryl methyl sites for hydroxylation is 1. The molecule has 196 valence electrons. The summed E-state index contributed by atoms with van der Waals surface area (Å²) in [5, 5.41) is 3.57. The van der Waals surface area contributed by atoms with Gasteiger partial charge in [0.05, 0.1) is 11.1 Å². The lowest BCUT2D eigenvalue weighted by atomic mass is 9.76. The van der Waals surface area contributed by atoms with Crippen molar-refractivity contribution in [3.63, 3.8) is 0 Å². The normalized spacial score (nSPS) is 19.5. The van der Waals surface area contributed by atoms with Crippen LogP contribution in [0.2, 0.25) is 0 Å². The average Bonchev–Trinajstić information content (AvgIpc) is 3.27. The lowest BCUT2D eigenvalue weighted by Gasteiger charge is -2.41. The lowest BCUT2D eigenvalue weighted by Crippen LogP contribution is -2.39. The van der Waals surface area contributed by atoms with Crippen LogP contribution in [-0.4, -0.2) is 19.1 Å². The topological polar surface area (TPSA) is 50.8 Å². The molecular weight excluding hydrogens is 484 g/mol. The second kappa shape index (κ2) is 9.19. The second-order valence-corrected chi connectivity index (χ2v) is 10.9. The Balaban J connectivity index is 1.47. The van der Waals surface area contributed by atoms with Gasteiger partial charge in [-0.2, -0.15) is 0 Å². The van der Waals surface area contributed by atoms with Crippen LogP contribution in [0, 0.1) is 6.92 Å². The number of nitrogens with one attached hydrogen (secondary N) is 1. The summed E-state index contributed by atoms with van der Waals surface area (Å²) in [6.45, 7) is 2.07. The predicted molar refractivity (Wildman–Crippen MR) is 154 cm³/mol. The van der Waals surface area contributed by atoms with Crippen molar-refractivity contribution >= 4 is 23.0 Å². The van der Waals surface area contributed by atoms with Gasteiger partial charge in [-0.3, -0.25) is 0 Å². The number of esters is 1. The first-order valence-corrected chi connectivity index (χ1v) is 13.9. The van der Waals surface area contributed by atoms with E-state index in [0.29, 0.717) is 17.4 Å². The summed E-state index contributed by atoms with van der Waals surface area (Å²) in [5.41, 5.74) is 6.12. The zero-order valence-electron chi connectivity index (χ0n) is 22.4. The third-order valence-electron chi connectivity index (χ3n) is 8.61. The van der Waals surface area contributed by atoms with Crippen LogP contribution in [0.25, 0.3) is 0 Å². The minimum absolute atomic E-state index is 0.308. The van der Waals surface area contributed by atoms with Crippen LogP contribution in [0.1, 0.15) is 64.7 Å². The van der Waals surface area contributed by atoms with Gasteiger partial charge in [0, 0.05) is 41.3 Å². The molecule has 4 aromatic carbocycles. The molecule has 1 saturated carbocycles. The van der Waals surface area contributed by atoms with E-state index in [1.807, 2.05) is 66.7 Å². The van der Waals surface area contributed by atoms with Crippen LogP contribution in [0.4, 0.5) is 17.1 Å². The summed E-state index contributed by atoms with van der Waals surface area (Å²) in [4.78, 5) is 15.9. The maximum atomic E-state index is 13.5. The van der Waals surface area contributed by atoms with Gasteiger partial charge < -0.3 is 19.7 Å². The first kappa shape index (κ1) is 23.8. The quantitative estimate of drug-likeness (QED) is 0.278. The smallest absolute Gasteiger partial charge is 0.340 e. The number of rotatable bonds is 4. The number of ether oxygens (including phenoxy) is 2. The Morgan fingerprint density at radius 2 is 1.62 bits per heavy atom. The molecule has 1 N–H and O–H groups in total. The van der Waals surface area contributed by atoms with E-state index in [1.54, 1.807) is 0 Å². The molecule has 7 rings (SSSR count). The number of para-hydroxylation sites is 1. The van der Waals surface area contributed by atoms with Crippen molar-refractivity contribution in [1.82, 2.24) is 0 Å².